The van der Waals surface area contributed by atoms with Crippen LogP contribution in [-0.4, -0.2) is 37.0 Å². The van der Waals surface area contributed by atoms with Crippen LogP contribution in [0.4, 0.5) is 5.69 Å². The van der Waals surface area contributed by atoms with Crippen LogP contribution in [-0.2, 0) is 4.79 Å². The number of carbonyl (C=O) groups excluding carboxylic acids is 1. The fourth-order valence-electron chi connectivity index (χ4n) is 2.32. The molecule has 0 bridgehead atoms. The summed E-state index contributed by atoms with van der Waals surface area (Å²) in [6.07, 6.45) is 2.35. The van der Waals surface area contributed by atoms with Crippen molar-refractivity contribution in [2.45, 2.75) is 25.0 Å². The summed E-state index contributed by atoms with van der Waals surface area (Å²) >= 11 is 1.80. The third kappa shape index (κ3) is 3.98. The lowest BCUT2D eigenvalue weighted by atomic mass is 10.2. The third-order valence-electron chi connectivity index (χ3n) is 3.58. The molecule has 1 aromatic carbocycles. The van der Waals surface area contributed by atoms with Crippen LogP contribution in [0.15, 0.2) is 24.3 Å². The molecule has 1 aliphatic heterocycles. The van der Waals surface area contributed by atoms with Gasteiger partial charge in [-0.05, 0) is 44.5 Å². The summed E-state index contributed by atoms with van der Waals surface area (Å²) in [4.78, 5) is 14.0. The van der Waals surface area contributed by atoms with E-state index in [-0.39, 0.29) is 5.91 Å². The zero-order chi connectivity index (χ0) is 13.7. The number of hydrogen-bond acceptors (Lipinski definition) is 3. The van der Waals surface area contributed by atoms with Crippen molar-refractivity contribution in [1.82, 2.24) is 5.32 Å². The molecule has 4 heteroatoms. The van der Waals surface area contributed by atoms with Gasteiger partial charge in [0.1, 0.15) is 0 Å². The number of aryl methyl sites for hydroxylation is 1. The van der Waals surface area contributed by atoms with E-state index in [4.69, 9.17) is 0 Å². The molecule has 0 unspecified atom stereocenters. The van der Waals surface area contributed by atoms with Crippen LogP contribution in [0.2, 0.25) is 0 Å². The second-order valence-corrected chi connectivity index (χ2v) is 6.29. The van der Waals surface area contributed by atoms with E-state index >= 15 is 0 Å². The maximum atomic E-state index is 12.2. The SMILES string of the molecule is Cc1ccccc1N(C)C(=O)CSC1CCNCC1. The van der Waals surface area contributed by atoms with Gasteiger partial charge in [0.05, 0.1) is 5.75 Å². The fraction of sp³-hybridized carbons (Fsp3) is 0.533. The highest BCUT2D eigenvalue weighted by atomic mass is 32.2. The molecule has 1 fully saturated rings. The van der Waals surface area contributed by atoms with Gasteiger partial charge in [-0.1, -0.05) is 18.2 Å². The highest BCUT2D eigenvalue weighted by Crippen LogP contribution is 2.23. The van der Waals surface area contributed by atoms with Gasteiger partial charge in [0.25, 0.3) is 0 Å². The maximum Gasteiger partial charge on any atom is 0.236 e. The Morgan fingerprint density at radius 3 is 2.74 bits per heavy atom. The van der Waals surface area contributed by atoms with E-state index < -0.39 is 0 Å². The van der Waals surface area contributed by atoms with Crippen molar-refractivity contribution in [3.63, 3.8) is 0 Å². The molecule has 19 heavy (non-hydrogen) atoms. The number of nitrogens with one attached hydrogen (secondary N) is 1. The van der Waals surface area contributed by atoms with E-state index in [1.54, 1.807) is 16.7 Å². The van der Waals surface area contributed by atoms with Crippen LogP contribution in [0.25, 0.3) is 0 Å². The number of para-hydroxylation sites is 1. The molecule has 0 spiro atoms. The number of hydrogen-bond donors (Lipinski definition) is 1. The molecule has 3 nitrogen and oxygen atoms in total. The predicted octanol–water partition coefficient (Wildman–Crippen LogP) is 2.44. The Morgan fingerprint density at radius 1 is 1.37 bits per heavy atom. The first-order valence-electron chi connectivity index (χ1n) is 6.83. The second-order valence-electron chi connectivity index (χ2n) is 5.00. The predicted molar refractivity (Wildman–Crippen MR) is 82.9 cm³/mol. The molecule has 2 rings (SSSR count). The van der Waals surface area contributed by atoms with Gasteiger partial charge >= 0.3 is 0 Å². The summed E-state index contributed by atoms with van der Waals surface area (Å²) in [5.41, 5.74) is 2.16. The zero-order valence-corrected chi connectivity index (χ0v) is 12.5. The van der Waals surface area contributed by atoms with Gasteiger partial charge in [0.15, 0.2) is 0 Å². The Kier molecular flexibility index (Phi) is 5.28. The van der Waals surface area contributed by atoms with Crippen LogP contribution in [0.5, 0.6) is 0 Å². The average Bonchev–Trinajstić information content (AvgIpc) is 2.45. The Hall–Kier alpha value is -1.000. The number of nitrogens with zero attached hydrogens (tertiary/aromatic N) is 1. The van der Waals surface area contributed by atoms with E-state index in [1.165, 1.54) is 12.8 Å². The highest BCUT2D eigenvalue weighted by molar-refractivity contribution is 8.00. The van der Waals surface area contributed by atoms with E-state index in [9.17, 15) is 4.79 Å². The van der Waals surface area contributed by atoms with Gasteiger partial charge in [0.2, 0.25) is 5.91 Å². The summed E-state index contributed by atoms with van der Waals surface area (Å²) in [6, 6.07) is 8.02. The number of rotatable bonds is 4. The molecular formula is C15H22N2OS. The molecule has 1 aromatic rings. The molecule has 1 amide bonds. The largest absolute Gasteiger partial charge is 0.317 e. The average molecular weight is 278 g/mol. The molecule has 0 aliphatic carbocycles. The van der Waals surface area contributed by atoms with E-state index in [2.05, 4.69) is 5.32 Å². The minimum Gasteiger partial charge on any atom is -0.317 e. The smallest absolute Gasteiger partial charge is 0.236 e. The Balaban J connectivity index is 1.87. The molecule has 0 radical (unpaired) electrons. The van der Waals surface area contributed by atoms with Crippen molar-refractivity contribution < 1.29 is 4.79 Å². The number of benzene rings is 1. The van der Waals surface area contributed by atoms with E-state index in [0.717, 1.165) is 24.3 Å². The quantitative estimate of drug-likeness (QED) is 0.918. The van der Waals surface area contributed by atoms with Gasteiger partial charge in [-0.2, -0.15) is 0 Å². The minimum absolute atomic E-state index is 0.192. The van der Waals surface area contributed by atoms with Crippen LogP contribution < -0.4 is 10.2 Å². The van der Waals surface area contributed by atoms with Crippen LogP contribution >= 0.6 is 11.8 Å². The standard InChI is InChI=1S/C15H22N2OS/c1-12-5-3-4-6-14(12)17(2)15(18)11-19-13-7-9-16-10-8-13/h3-6,13,16H,7-11H2,1-2H3. The van der Waals surface area contributed by atoms with Gasteiger partial charge in [0, 0.05) is 18.0 Å². The lowest BCUT2D eigenvalue weighted by Gasteiger charge is -2.24. The van der Waals surface area contributed by atoms with Crippen molar-refractivity contribution in [3.8, 4) is 0 Å². The zero-order valence-electron chi connectivity index (χ0n) is 11.7. The molecule has 0 atom stereocenters. The molecule has 0 aromatic heterocycles. The van der Waals surface area contributed by atoms with Gasteiger partial charge in [-0.3, -0.25) is 4.79 Å². The fourth-order valence-corrected chi connectivity index (χ4v) is 3.46. The topological polar surface area (TPSA) is 32.3 Å². The van der Waals surface area contributed by atoms with Crippen molar-refractivity contribution in [2.24, 2.45) is 0 Å². The van der Waals surface area contributed by atoms with Gasteiger partial charge in [-0.15, -0.1) is 11.8 Å². The number of thioether (sulfide) groups is 1. The first kappa shape index (κ1) is 14.4. The maximum absolute atomic E-state index is 12.2. The molecule has 104 valence electrons. The molecule has 1 aliphatic rings. The summed E-state index contributed by atoms with van der Waals surface area (Å²) < 4.78 is 0. The van der Waals surface area contributed by atoms with Crippen molar-refractivity contribution in [1.29, 1.82) is 0 Å². The highest BCUT2D eigenvalue weighted by Gasteiger charge is 2.17. The van der Waals surface area contributed by atoms with Crippen LogP contribution in [0.3, 0.4) is 0 Å². The normalized spacial score (nSPS) is 16.3. The molecule has 1 N–H and O–H groups in total. The minimum atomic E-state index is 0.192. The molecule has 1 heterocycles. The summed E-state index contributed by atoms with van der Waals surface area (Å²) in [6.45, 7) is 4.21. The number of anilines is 1. The first-order chi connectivity index (χ1) is 9.18. The van der Waals surface area contributed by atoms with E-state index in [0.29, 0.717) is 11.0 Å². The molecule has 0 saturated carbocycles. The van der Waals surface area contributed by atoms with Crippen molar-refractivity contribution in [3.05, 3.63) is 29.8 Å². The van der Waals surface area contributed by atoms with Crippen LogP contribution in [0, 0.1) is 6.92 Å². The monoisotopic (exact) mass is 278 g/mol. The van der Waals surface area contributed by atoms with Gasteiger partial charge < -0.3 is 10.2 Å². The lowest BCUT2D eigenvalue weighted by molar-refractivity contribution is -0.115. The summed E-state index contributed by atoms with van der Waals surface area (Å²) in [7, 11) is 1.87. The summed E-state index contributed by atoms with van der Waals surface area (Å²) in [5.74, 6) is 0.771. The summed E-state index contributed by atoms with van der Waals surface area (Å²) in [5, 5.41) is 3.98. The van der Waals surface area contributed by atoms with Gasteiger partial charge in [-0.25, -0.2) is 0 Å². The first-order valence-corrected chi connectivity index (χ1v) is 7.88. The molecule has 1 saturated heterocycles. The molecular weight excluding hydrogens is 256 g/mol. The second kappa shape index (κ2) is 6.96. The lowest BCUT2D eigenvalue weighted by Crippen LogP contribution is -2.32. The number of carbonyl (C=O) groups is 1. The Bertz CT molecular complexity index is 430. The third-order valence-corrected chi connectivity index (χ3v) is 4.94. The van der Waals surface area contributed by atoms with Crippen molar-refractivity contribution >= 4 is 23.4 Å². The number of piperidine rings is 1. The number of amides is 1. The Labute approximate surface area is 119 Å². The van der Waals surface area contributed by atoms with Crippen LogP contribution in [0.1, 0.15) is 18.4 Å². The van der Waals surface area contributed by atoms with E-state index in [1.807, 2.05) is 38.2 Å². The Morgan fingerprint density at radius 2 is 2.05 bits per heavy atom. The van der Waals surface area contributed by atoms with Crippen molar-refractivity contribution in [2.75, 3.05) is 30.8 Å².